The van der Waals surface area contributed by atoms with Crippen LogP contribution in [0.25, 0.3) is 0 Å². The zero-order chi connectivity index (χ0) is 12.8. The van der Waals surface area contributed by atoms with E-state index in [-0.39, 0.29) is 6.04 Å². The first-order chi connectivity index (χ1) is 8.85. The van der Waals surface area contributed by atoms with Crippen LogP contribution >= 0.6 is 0 Å². The van der Waals surface area contributed by atoms with E-state index in [0.29, 0.717) is 5.92 Å². The highest BCUT2D eigenvalue weighted by Gasteiger charge is 2.24. The summed E-state index contributed by atoms with van der Waals surface area (Å²) in [5, 5.41) is 12.6. The molecule has 1 fully saturated rings. The Morgan fingerprint density at radius 3 is 2.78 bits per heavy atom. The highest BCUT2D eigenvalue weighted by atomic mass is 16.5. The smallest absolute Gasteiger partial charge is 0.141 e. The molecule has 18 heavy (non-hydrogen) atoms. The molecule has 0 bridgehead atoms. The molecule has 1 heterocycles. The van der Waals surface area contributed by atoms with Crippen LogP contribution in [0.1, 0.15) is 12.8 Å². The van der Waals surface area contributed by atoms with Gasteiger partial charge in [-0.05, 0) is 30.9 Å². The Bertz CT molecular complexity index is 422. The third-order valence-electron chi connectivity index (χ3n) is 3.29. The molecule has 1 aromatic rings. The maximum absolute atomic E-state index is 9.31. The van der Waals surface area contributed by atoms with Gasteiger partial charge in [0.2, 0.25) is 0 Å². The van der Waals surface area contributed by atoms with Crippen molar-refractivity contribution in [1.82, 2.24) is 0 Å². The summed E-state index contributed by atoms with van der Waals surface area (Å²) in [6.07, 6.45) is 1.86. The molecule has 1 saturated heterocycles. The van der Waals surface area contributed by atoms with E-state index < -0.39 is 0 Å². The summed E-state index contributed by atoms with van der Waals surface area (Å²) in [4.78, 5) is 0. The van der Waals surface area contributed by atoms with Crippen LogP contribution in [0.3, 0.4) is 0 Å². The van der Waals surface area contributed by atoms with Gasteiger partial charge in [-0.2, -0.15) is 5.26 Å². The molecule has 0 aliphatic carbocycles. The highest BCUT2D eigenvalue weighted by molar-refractivity contribution is 5.57. The molecule has 1 N–H and O–H groups in total. The van der Waals surface area contributed by atoms with Crippen molar-refractivity contribution in [3.63, 3.8) is 0 Å². The number of methoxy groups -OCH3 is 1. The Morgan fingerprint density at radius 1 is 1.39 bits per heavy atom. The Labute approximate surface area is 108 Å². The van der Waals surface area contributed by atoms with Gasteiger partial charge in [-0.25, -0.2) is 0 Å². The van der Waals surface area contributed by atoms with Gasteiger partial charge < -0.3 is 14.8 Å². The second kappa shape index (κ2) is 6.27. The van der Waals surface area contributed by atoms with Crippen molar-refractivity contribution in [2.24, 2.45) is 5.92 Å². The van der Waals surface area contributed by atoms with E-state index in [1.165, 1.54) is 0 Å². The fourth-order valence-electron chi connectivity index (χ4n) is 2.24. The summed E-state index contributed by atoms with van der Waals surface area (Å²) in [7, 11) is 1.64. The molecule has 1 unspecified atom stereocenters. The number of nitriles is 1. The highest BCUT2D eigenvalue weighted by Crippen LogP contribution is 2.27. The van der Waals surface area contributed by atoms with Crippen molar-refractivity contribution in [2.75, 3.05) is 25.6 Å². The molecule has 1 aliphatic rings. The lowest BCUT2D eigenvalue weighted by atomic mass is 9.92. The van der Waals surface area contributed by atoms with Crippen LogP contribution in [-0.4, -0.2) is 26.4 Å². The normalized spacial score (nSPS) is 17.8. The summed E-state index contributed by atoms with van der Waals surface area (Å²) >= 11 is 0. The molecule has 0 spiro atoms. The molecular formula is C14H18N2O2. The van der Waals surface area contributed by atoms with Crippen LogP contribution in [0.5, 0.6) is 5.75 Å². The second-order valence-electron chi connectivity index (χ2n) is 4.40. The molecule has 0 aromatic heterocycles. The molecule has 1 aliphatic heterocycles. The number of hydrogen-bond donors (Lipinski definition) is 1. The minimum Gasteiger partial charge on any atom is -0.495 e. The number of ether oxygens (including phenoxy) is 2. The van der Waals surface area contributed by atoms with Gasteiger partial charge >= 0.3 is 0 Å². The molecule has 96 valence electrons. The number of nitrogens with zero attached hydrogens (tertiary/aromatic N) is 1. The number of benzene rings is 1. The van der Waals surface area contributed by atoms with Gasteiger partial charge in [0.05, 0.1) is 18.9 Å². The first kappa shape index (κ1) is 12.7. The number of hydrogen-bond acceptors (Lipinski definition) is 4. The minimum atomic E-state index is -0.190. The van der Waals surface area contributed by atoms with Gasteiger partial charge in [0.25, 0.3) is 0 Å². The molecule has 4 nitrogen and oxygen atoms in total. The molecule has 0 saturated carbocycles. The summed E-state index contributed by atoms with van der Waals surface area (Å²) in [6.45, 7) is 1.49. The lowest BCUT2D eigenvalue weighted by molar-refractivity contribution is 0.0651. The van der Waals surface area contributed by atoms with Crippen LogP contribution in [0.15, 0.2) is 24.3 Å². The molecule has 1 atom stereocenters. The Balaban J connectivity index is 2.07. The average molecular weight is 246 g/mol. The van der Waals surface area contributed by atoms with Crippen LogP contribution in [-0.2, 0) is 4.74 Å². The van der Waals surface area contributed by atoms with E-state index in [1.807, 2.05) is 24.3 Å². The molecule has 2 rings (SSSR count). The fourth-order valence-corrected chi connectivity index (χ4v) is 2.24. The predicted octanol–water partition coefficient (Wildman–Crippen LogP) is 2.43. The zero-order valence-corrected chi connectivity index (χ0v) is 10.6. The van der Waals surface area contributed by atoms with E-state index in [0.717, 1.165) is 37.5 Å². The van der Waals surface area contributed by atoms with Gasteiger partial charge in [0, 0.05) is 13.2 Å². The molecule has 4 heteroatoms. The lowest BCUT2D eigenvalue weighted by Crippen LogP contribution is -2.32. The van der Waals surface area contributed by atoms with Crippen molar-refractivity contribution in [1.29, 1.82) is 5.26 Å². The van der Waals surface area contributed by atoms with Crippen molar-refractivity contribution >= 4 is 5.69 Å². The Kier molecular flexibility index (Phi) is 4.43. The van der Waals surface area contributed by atoms with Gasteiger partial charge in [-0.1, -0.05) is 12.1 Å². The number of anilines is 1. The van der Waals surface area contributed by atoms with E-state index in [1.54, 1.807) is 7.11 Å². The minimum absolute atomic E-state index is 0.190. The van der Waals surface area contributed by atoms with Crippen LogP contribution in [0.4, 0.5) is 5.69 Å². The predicted molar refractivity (Wildman–Crippen MR) is 69.6 cm³/mol. The van der Waals surface area contributed by atoms with Gasteiger partial charge in [0.1, 0.15) is 11.8 Å². The van der Waals surface area contributed by atoms with Crippen LogP contribution in [0, 0.1) is 17.2 Å². The summed E-state index contributed by atoms with van der Waals surface area (Å²) < 4.78 is 10.6. The maximum Gasteiger partial charge on any atom is 0.141 e. The molecular weight excluding hydrogens is 228 g/mol. The first-order valence-corrected chi connectivity index (χ1v) is 6.22. The maximum atomic E-state index is 9.31. The van der Waals surface area contributed by atoms with Crippen molar-refractivity contribution in [2.45, 2.75) is 18.9 Å². The standard InChI is InChI=1S/C14H18N2O2/c1-17-14-5-3-2-4-12(14)16-13(10-15)11-6-8-18-9-7-11/h2-5,11,13,16H,6-9H2,1H3. The van der Waals surface area contributed by atoms with E-state index >= 15 is 0 Å². The lowest BCUT2D eigenvalue weighted by Gasteiger charge is -2.27. The van der Waals surface area contributed by atoms with Gasteiger partial charge in [-0.15, -0.1) is 0 Å². The van der Waals surface area contributed by atoms with Crippen molar-refractivity contribution in [3.8, 4) is 11.8 Å². The monoisotopic (exact) mass is 246 g/mol. The van der Waals surface area contributed by atoms with E-state index in [2.05, 4.69) is 11.4 Å². The molecule has 0 radical (unpaired) electrons. The Morgan fingerprint density at radius 2 is 2.11 bits per heavy atom. The third kappa shape index (κ3) is 2.93. The number of nitrogens with one attached hydrogen (secondary N) is 1. The van der Waals surface area contributed by atoms with Crippen LogP contribution < -0.4 is 10.1 Å². The average Bonchev–Trinajstić information content (AvgIpc) is 2.46. The molecule has 0 amide bonds. The topological polar surface area (TPSA) is 54.3 Å². The van der Waals surface area contributed by atoms with E-state index in [4.69, 9.17) is 9.47 Å². The summed E-state index contributed by atoms with van der Waals surface area (Å²) in [5.41, 5.74) is 0.873. The van der Waals surface area contributed by atoms with E-state index in [9.17, 15) is 5.26 Å². The zero-order valence-electron chi connectivity index (χ0n) is 10.6. The number of rotatable bonds is 4. The molecule has 1 aromatic carbocycles. The second-order valence-corrected chi connectivity index (χ2v) is 4.40. The largest absolute Gasteiger partial charge is 0.495 e. The Hall–Kier alpha value is -1.73. The van der Waals surface area contributed by atoms with Crippen LogP contribution in [0.2, 0.25) is 0 Å². The van der Waals surface area contributed by atoms with Crippen molar-refractivity contribution in [3.05, 3.63) is 24.3 Å². The fraction of sp³-hybridized carbons (Fsp3) is 0.500. The summed E-state index contributed by atoms with van der Waals surface area (Å²) in [6, 6.07) is 9.83. The van der Waals surface area contributed by atoms with Gasteiger partial charge in [-0.3, -0.25) is 0 Å². The number of para-hydroxylation sites is 2. The summed E-state index contributed by atoms with van der Waals surface area (Å²) in [5.74, 6) is 1.11. The third-order valence-corrected chi connectivity index (χ3v) is 3.29. The SMILES string of the molecule is COc1ccccc1NC(C#N)C1CCOCC1. The van der Waals surface area contributed by atoms with Gasteiger partial charge in [0.15, 0.2) is 0 Å². The van der Waals surface area contributed by atoms with Crippen molar-refractivity contribution < 1.29 is 9.47 Å². The first-order valence-electron chi connectivity index (χ1n) is 6.22. The quantitative estimate of drug-likeness (QED) is 0.886.